The zero-order chi connectivity index (χ0) is 42.5. The fourth-order valence-corrected chi connectivity index (χ4v) is 9.20. The zero-order valence-corrected chi connectivity index (χ0v) is 34.8. The number of nitrogens with two attached hydrogens (primary N) is 1. The van der Waals surface area contributed by atoms with Crippen LogP contribution in [-0.4, -0.2) is 46.6 Å². The minimum Gasteiger partial charge on any atom is -0.369 e. The highest BCUT2D eigenvalue weighted by Gasteiger charge is 2.42. The van der Waals surface area contributed by atoms with Gasteiger partial charge in [-0.3, -0.25) is 9.59 Å². The van der Waals surface area contributed by atoms with Gasteiger partial charge in [0.25, 0.3) is 0 Å². The summed E-state index contributed by atoms with van der Waals surface area (Å²) < 4.78 is 4.12. The summed E-state index contributed by atoms with van der Waals surface area (Å²) in [4.78, 5) is 35.6. The van der Waals surface area contributed by atoms with Gasteiger partial charge in [-0.05, 0) is 75.2 Å². The van der Waals surface area contributed by atoms with Crippen molar-refractivity contribution in [3.05, 3.63) is 180 Å². The number of tetrazole rings is 1. The number of aromatic nitrogens is 7. The quantitative estimate of drug-likeness (QED) is 0.104. The maximum absolute atomic E-state index is 13.5. The normalized spacial score (nSPS) is 15.4. The maximum atomic E-state index is 13.5. The van der Waals surface area contributed by atoms with Gasteiger partial charge in [0.2, 0.25) is 11.8 Å². The van der Waals surface area contributed by atoms with Crippen LogP contribution in [0.25, 0.3) is 33.7 Å². The van der Waals surface area contributed by atoms with Crippen LogP contribution < -0.4 is 11.1 Å². The molecule has 11 heteroatoms. The summed E-state index contributed by atoms with van der Waals surface area (Å²) in [6.07, 6.45) is 5.87. The van der Waals surface area contributed by atoms with E-state index in [1.807, 2.05) is 41.1 Å². The van der Waals surface area contributed by atoms with Gasteiger partial charge in [-0.15, -0.1) is 5.10 Å². The number of carbonyl (C=O) groups excluding carboxylic acids is 2. The van der Waals surface area contributed by atoms with Gasteiger partial charge in [-0.1, -0.05) is 166 Å². The lowest BCUT2D eigenvalue weighted by atomic mass is 9.77. The van der Waals surface area contributed by atoms with Crippen molar-refractivity contribution in [3.8, 4) is 22.5 Å². The Morgan fingerprint density at radius 2 is 1.31 bits per heavy atom. The number of primary amides is 1. The average Bonchev–Trinajstić information content (AvgIpc) is 3.95. The van der Waals surface area contributed by atoms with Gasteiger partial charge < -0.3 is 15.6 Å². The molecular formula is C51H49N9O2. The Labute approximate surface area is 361 Å². The summed E-state index contributed by atoms with van der Waals surface area (Å²) in [6.45, 7) is 2.71. The van der Waals surface area contributed by atoms with Crippen LogP contribution in [-0.2, 0) is 28.1 Å². The predicted molar refractivity (Wildman–Crippen MR) is 242 cm³/mol. The van der Waals surface area contributed by atoms with Gasteiger partial charge in [0.1, 0.15) is 22.7 Å². The highest BCUT2D eigenvalue weighted by atomic mass is 16.2. The summed E-state index contributed by atoms with van der Waals surface area (Å²) in [6, 6.07) is 51.8. The zero-order valence-electron chi connectivity index (χ0n) is 34.8. The molecule has 0 saturated heterocycles. The van der Waals surface area contributed by atoms with E-state index in [0.29, 0.717) is 36.7 Å². The number of imidazole rings is 1. The molecule has 1 fully saturated rings. The molecule has 2 amide bonds. The molecule has 9 rings (SSSR count). The molecule has 8 aromatic rings. The van der Waals surface area contributed by atoms with E-state index in [1.165, 1.54) is 0 Å². The third-order valence-corrected chi connectivity index (χ3v) is 12.3. The average molecular weight is 820 g/mol. The van der Waals surface area contributed by atoms with Crippen LogP contribution in [0.3, 0.4) is 0 Å². The molecule has 2 unspecified atom stereocenters. The Hall–Kier alpha value is -7.27. The van der Waals surface area contributed by atoms with Crippen LogP contribution >= 0.6 is 0 Å². The number of carbonyl (C=O) groups is 2. The van der Waals surface area contributed by atoms with Gasteiger partial charge in [0.15, 0.2) is 11.5 Å². The second-order valence-corrected chi connectivity index (χ2v) is 16.1. The molecule has 0 bridgehead atoms. The molecule has 2 atom stereocenters. The van der Waals surface area contributed by atoms with Crippen LogP contribution in [0.2, 0.25) is 0 Å². The van der Waals surface area contributed by atoms with E-state index in [-0.39, 0.29) is 5.91 Å². The predicted octanol–water partition coefficient (Wildman–Crippen LogP) is 9.21. The highest BCUT2D eigenvalue weighted by molar-refractivity contribution is 5.96. The van der Waals surface area contributed by atoms with Crippen molar-refractivity contribution in [2.45, 2.75) is 64.0 Å². The largest absolute Gasteiger partial charge is 0.369 e. The van der Waals surface area contributed by atoms with Crippen molar-refractivity contribution in [1.29, 1.82) is 0 Å². The van der Waals surface area contributed by atoms with Crippen LogP contribution in [0.15, 0.2) is 152 Å². The molecule has 0 aliphatic heterocycles. The number of nitrogens with zero attached hydrogens (tertiary/aromatic N) is 7. The smallest absolute Gasteiger partial charge is 0.229 e. The number of nitrogens with one attached hydrogen (secondary N) is 1. The fourth-order valence-electron chi connectivity index (χ4n) is 9.20. The van der Waals surface area contributed by atoms with E-state index < -0.39 is 23.3 Å². The molecule has 62 heavy (non-hydrogen) atoms. The first-order valence-electron chi connectivity index (χ1n) is 21.6. The van der Waals surface area contributed by atoms with Gasteiger partial charge in [0.05, 0.1) is 6.54 Å². The van der Waals surface area contributed by atoms with Crippen molar-refractivity contribution in [2.75, 3.05) is 5.32 Å². The van der Waals surface area contributed by atoms with E-state index in [9.17, 15) is 9.59 Å². The van der Waals surface area contributed by atoms with E-state index in [1.54, 1.807) is 6.07 Å². The first-order chi connectivity index (χ1) is 30.4. The number of hydrogen-bond acceptors (Lipinski definition) is 7. The van der Waals surface area contributed by atoms with Gasteiger partial charge in [-0.25, -0.2) is 14.6 Å². The van der Waals surface area contributed by atoms with Crippen LogP contribution in [0.5, 0.6) is 0 Å². The number of anilines is 1. The Morgan fingerprint density at radius 1 is 0.710 bits per heavy atom. The summed E-state index contributed by atoms with van der Waals surface area (Å²) >= 11 is 0. The number of amides is 2. The van der Waals surface area contributed by atoms with E-state index >= 15 is 0 Å². The SMILES string of the molecule is CCCCc1nc2ccc(NC(=O)C3CCCCC3C(N)=O)nc2n1Cc1ccc(-c2ccccc2-c2nnnn2C(c2ccccc2)(c2ccccc2)c2ccccc2)cc1. The molecule has 3 heterocycles. The number of rotatable bonds is 14. The monoisotopic (exact) mass is 819 g/mol. The number of benzene rings is 5. The molecule has 3 aromatic heterocycles. The fraction of sp³-hybridized carbons (Fsp3) is 0.235. The number of pyridine rings is 1. The molecule has 0 spiro atoms. The molecule has 3 N–H and O–H groups in total. The number of aryl methyl sites for hydroxylation is 1. The Kier molecular flexibility index (Phi) is 11.5. The molecular weight excluding hydrogens is 771 g/mol. The second-order valence-electron chi connectivity index (χ2n) is 16.1. The number of fused-ring (bicyclic) bond motifs is 1. The van der Waals surface area contributed by atoms with Crippen LogP contribution in [0.1, 0.15) is 73.5 Å². The summed E-state index contributed by atoms with van der Waals surface area (Å²) in [7, 11) is 0. The molecule has 5 aromatic carbocycles. The van der Waals surface area contributed by atoms with Crippen LogP contribution in [0.4, 0.5) is 5.82 Å². The second kappa shape index (κ2) is 17.8. The highest BCUT2D eigenvalue weighted by Crippen LogP contribution is 2.43. The van der Waals surface area contributed by atoms with E-state index in [4.69, 9.17) is 26.0 Å². The topological polar surface area (TPSA) is 146 Å². The lowest BCUT2D eigenvalue weighted by Crippen LogP contribution is -2.39. The van der Waals surface area contributed by atoms with Crippen molar-refractivity contribution in [3.63, 3.8) is 0 Å². The molecule has 0 radical (unpaired) electrons. The van der Waals surface area contributed by atoms with Gasteiger partial charge >= 0.3 is 0 Å². The lowest BCUT2D eigenvalue weighted by molar-refractivity contribution is -0.131. The maximum Gasteiger partial charge on any atom is 0.229 e. The molecule has 310 valence electrons. The molecule has 1 aliphatic carbocycles. The summed E-state index contributed by atoms with van der Waals surface area (Å²) in [5.74, 6) is 0.457. The van der Waals surface area contributed by atoms with Crippen molar-refractivity contribution >= 4 is 28.8 Å². The standard InChI is InChI=1S/C51H49N9O2/c1-2-3-27-46-53-44-32-33-45(55-50(62)43-26-16-14-24-41(43)47(52)61)54-49(44)59(46)34-35-28-30-36(31-29-35)40-23-13-15-25-42(40)48-56-57-58-60(48)51(37-17-7-4-8-18-37,38-19-9-5-10-20-38)39-21-11-6-12-22-39/h4-13,15,17-23,25,28-33,41,43H,2-3,14,16,24,26-27,34H2,1H3,(H2,52,61)(H,54,55,62). The minimum atomic E-state index is -0.888. The van der Waals surface area contributed by atoms with Crippen molar-refractivity contribution in [2.24, 2.45) is 17.6 Å². The molecule has 11 nitrogen and oxygen atoms in total. The van der Waals surface area contributed by atoms with Crippen LogP contribution in [0, 0.1) is 11.8 Å². The Balaban J connectivity index is 1.06. The minimum absolute atomic E-state index is 0.214. The third kappa shape index (κ3) is 7.66. The Morgan fingerprint density at radius 3 is 1.92 bits per heavy atom. The van der Waals surface area contributed by atoms with Crippen molar-refractivity contribution < 1.29 is 9.59 Å². The molecule has 1 saturated carbocycles. The summed E-state index contributed by atoms with van der Waals surface area (Å²) in [5, 5.41) is 16.9. The Bertz CT molecular complexity index is 2710. The van der Waals surface area contributed by atoms with E-state index in [0.717, 1.165) is 82.4 Å². The van der Waals surface area contributed by atoms with Gasteiger partial charge in [0, 0.05) is 23.8 Å². The van der Waals surface area contributed by atoms with E-state index in [2.05, 4.69) is 131 Å². The first kappa shape index (κ1) is 40.2. The van der Waals surface area contributed by atoms with Crippen molar-refractivity contribution in [1.82, 2.24) is 34.7 Å². The third-order valence-electron chi connectivity index (χ3n) is 12.3. The number of unbranched alkanes of at least 4 members (excludes halogenated alkanes) is 1. The number of hydrogen-bond donors (Lipinski definition) is 2. The lowest BCUT2D eigenvalue weighted by Gasteiger charge is -2.36. The summed E-state index contributed by atoms with van der Waals surface area (Å²) in [5.41, 5.74) is 13.4. The van der Waals surface area contributed by atoms with Gasteiger partial charge in [-0.2, -0.15) is 0 Å². The molecule has 1 aliphatic rings. The first-order valence-corrected chi connectivity index (χ1v) is 21.6.